The van der Waals surface area contributed by atoms with Crippen LogP contribution in [0.4, 0.5) is 4.39 Å². The van der Waals surface area contributed by atoms with Crippen molar-refractivity contribution in [2.75, 3.05) is 40.4 Å². The summed E-state index contributed by atoms with van der Waals surface area (Å²) in [5.74, 6) is 0.639. The smallest absolute Gasteiger partial charge is 0.213 e. The Hall–Kier alpha value is -2.18. The first-order valence-corrected chi connectivity index (χ1v) is 8.45. The molecule has 134 valence electrons. The van der Waals surface area contributed by atoms with E-state index in [1.54, 1.807) is 19.2 Å². The minimum absolute atomic E-state index is 0.291. The van der Waals surface area contributed by atoms with Gasteiger partial charge in [-0.3, -0.25) is 9.80 Å². The third-order valence-electron chi connectivity index (χ3n) is 4.46. The van der Waals surface area contributed by atoms with Crippen molar-refractivity contribution >= 4 is 0 Å². The van der Waals surface area contributed by atoms with E-state index in [4.69, 9.17) is 9.47 Å². The Morgan fingerprint density at radius 1 is 0.960 bits per heavy atom. The average Bonchev–Trinajstić information content (AvgIpc) is 2.64. The number of hydrogen-bond acceptors (Lipinski definition) is 5. The molecule has 0 amide bonds. The summed E-state index contributed by atoms with van der Waals surface area (Å²) in [6, 6.07) is 11.0. The molecule has 0 saturated carbocycles. The highest BCUT2D eigenvalue weighted by Gasteiger charge is 2.18. The van der Waals surface area contributed by atoms with Crippen LogP contribution >= 0.6 is 0 Å². The Morgan fingerprint density at radius 3 is 2.32 bits per heavy atom. The van der Waals surface area contributed by atoms with Crippen LogP contribution in [0.15, 0.2) is 36.4 Å². The van der Waals surface area contributed by atoms with Crippen molar-refractivity contribution in [1.82, 2.24) is 14.8 Å². The molecule has 1 saturated heterocycles. The van der Waals surface area contributed by atoms with Gasteiger partial charge in [0.1, 0.15) is 0 Å². The molecule has 2 heterocycles. The molecular weight excluding hydrogens is 321 g/mol. The number of pyridine rings is 1. The molecule has 0 unspecified atom stereocenters. The number of halogens is 1. The highest BCUT2D eigenvalue weighted by Crippen LogP contribution is 2.19. The van der Waals surface area contributed by atoms with Crippen LogP contribution in [0.1, 0.15) is 11.3 Å². The van der Waals surface area contributed by atoms with E-state index in [0.717, 1.165) is 50.5 Å². The molecule has 6 heteroatoms. The van der Waals surface area contributed by atoms with Crippen molar-refractivity contribution in [3.8, 4) is 11.6 Å². The lowest BCUT2D eigenvalue weighted by Crippen LogP contribution is -2.45. The fourth-order valence-electron chi connectivity index (χ4n) is 3.06. The molecule has 1 aliphatic heterocycles. The zero-order valence-corrected chi connectivity index (χ0v) is 14.7. The Kier molecular flexibility index (Phi) is 5.83. The Bertz CT molecular complexity index is 703. The standard InChI is InChI=1S/C19H24FN3O2/c1-24-18-7-6-15(12-17(18)20)13-22-8-10-23(11-9-22)14-16-4-3-5-19(21-16)25-2/h3-7,12H,8-11,13-14H2,1-2H3. The number of methoxy groups -OCH3 is 2. The largest absolute Gasteiger partial charge is 0.494 e. The van der Waals surface area contributed by atoms with Crippen molar-refractivity contribution in [2.45, 2.75) is 13.1 Å². The van der Waals surface area contributed by atoms with Crippen LogP contribution in [0.2, 0.25) is 0 Å². The first-order valence-electron chi connectivity index (χ1n) is 8.45. The van der Waals surface area contributed by atoms with E-state index in [0.29, 0.717) is 11.6 Å². The second kappa shape index (κ2) is 8.27. The van der Waals surface area contributed by atoms with Crippen molar-refractivity contribution in [3.05, 3.63) is 53.5 Å². The van der Waals surface area contributed by atoms with Crippen LogP contribution < -0.4 is 9.47 Å². The molecule has 2 aromatic rings. The molecule has 0 bridgehead atoms. The van der Waals surface area contributed by atoms with Gasteiger partial charge in [-0.25, -0.2) is 9.37 Å². The maximum atomic E-state index is 13.8. The molecule has 1 aromatic heterocycles. The minimum Gasteiger partial charge on any atom is -0.494 e. The maximum absolute atomic E-state index is 13.8. The molecule has 1 fully saturated rings. The number of benzene rings is 1. The van der Waals surface area contributed by atoms with Gasteiger partial charge in [-0.2, -0.15) is 0 Å². The van der Waals surface area contributed by atoms with Crippen LogP contribution in [0.5, 0.6) is 11.6 Å². The van der Waals surface area contributed by atoms with Crippen molar-refractivity contribution in [1.29, 1.82) is 0 Å². The molecule has 0 aliphatic carbocycles. The lowest BCUT2D eigenvalue weighted by molar-refractivity contribution is 0.120. The number of aromatic nitrogens is 1. The number of ether oxygens (including phenoxy) is 2. The summed E-state index contributed by atoms with van der Waals surface area (Å²) in [4.78, 5) is 9.19. The lowest BCUT2D eigenvalue weighted by Gasteiger charge is -2.34. The third kappa shape index (κ3) is 4.67. The fraction of sp³-hybridized carbons (Fsp3) is 0.421. The van der Waals surface area contributed by atoms with Crippen molar-refractivity contribution < 1.29 is 13.9 Å². The number of rotatable bonds is 6. The zero-order valence-electron chi connectivity index (χ0n) is 14.7. The van der Waals surface area contributed by atoms with Gasteiger partial charge in [0, 0.05) is 45.3 Å². The Morgan fingerprint density at radius 2 is 1.68 bits per heavy atom. The molecule has 1 aliphatic rings. The van der Waals surface area contributed by atoms with Gasteiger partial charge in [-0.05, 0) is 23.8 Å². The van der Waals surface area contributed by atoms with Crippen LogP contribution in [-0.4, -0.2) is 55.2 Å². The van der Waals surface area contributed by atoms with Gasteiger partial charge in [0.2, 0.25) is 5.88 Å². The summed E-state index contributed by atoms with van der Waals surface area (Å²) in [5.41, 5.74) is 1.99. The third-order valence-corrected chi connectivity index (χ3v) is 4.46. The van der Waals surface area contributed by atoms with Gasteiger partial charge < -0.3 is 9.47 Å². The summed E-state index contributed by atoms with van der Waals surface area (Å²) < 4.78 is 23.9. The zero-order chi connectivity index (χ0) is 17.6. The van der Waals surface area contributed by atoms with Gasteiger partial charge in [-0.15, -0.1) is 0 Å². The van der Waals surface area contributed by atoms with Crippen LogP contribution in [0.25, 0.3) is 0 Å². The van der Waals surface area contributed by atoms with E-state index < -0.39 is 0 Å². The maximum Gasteiger partial charge on any atom is 0.213 e. The normalized spacial score (nSPS) is 16.0. The first kappa shape index (κ1) is 17.6. The van der Waals surface area contributed by atoms with E-state index >= 15 is 0 Å². The van der Waals surface area contributed by atoms with Crippen LogP contribution in [0, 0.1) is 5.82 Å². The van der Waals surface area contributed by atoms with E-state index in [2.05, 4.69) is 14.8 Å². The predicted octanol–water partition coefficient (Wildman–Crippen LogP) is 2.56. The van der Waals surface area contributed by atoms with Gasteiger partial charge in [-0.1, -0.05) is 12.1 Å². The summed E-state index contributed by atoms with van der Waals surface area (Å²) in [5, 5.41) is 0. The molecule has 0 radical (unpaired) electrons. The Labute approximate surface area is 148 Å². The molecule has 25 heavy (non-hydrogen) atoms. The summed E-state index contributed by atoms with van der Waals surface area (Å²) in [7, 11) is 3.11. The fourth-order valence-corrected chi connectivity index (χ4v) is 3.06. The van der Waals surface area contributed by atoms with E-state index in [1.807, 2.05) is 24.3 Å². The van der Waals surface area contributed by atoms with Crippen molar-refractivity contribution in [3.63, 3.8) is 0 Å². The molecule has 0 atom stereocenters. The SMILES string of the molecule is COc1cccc(CN2CCN(Cc3ccc(OC)c(F)c3)CC2)n1. The van der Waals surface area contributed by atoms with Gasteiger partial charge in [0.15, 0.2) is 11.6 Å². The molecule has 0 spiro atoms. The second-order valence-corrected chi connectivity index (χ2v) is 6.19. The average molecular weight is 345 g/mol. The highest BCUT2D eigenvalue weighted by atomic mass is 19.1. The van der Waals surface area contributed by atoms with Gasteiger partial charge in [0.05, 0.1) is 19.9 Å². The minimum atomic E-state index is -0.303. The van der Waals surface area contributed by atoms with Crippen LogP contribution in [0.3, 0.4) is 0 Å². The molecule has 3 rings (SSSR count). The number of hydrogen-bond donors (Lipinski definition) is 0. The predicted molar refractivity (Wildman–Crippen MR) is 94.3 cm³/mol. The first-order chi connectivity index (χ1) is 12.2. The number of piperazine rings is 1. The molecule has 0 N–H and O–H groups in total. The van der Waals surface area contributed by atoms with Gasteiger partial charge >= 0.3 is 0 Å². The monoisotopic (exact) mass is 345 g/mol. The summed E-state index contributed by atoms with van der Waals surface area (Å²) in [6.45, 7) is 5.43. The molecule has 1 aromatic carbocycles. The van der Waals surface area contributed by atoms with Crippen molar-refractivity contribution in [2.24, 2.45) is 0 Å². The summed E-state index contributed by atoms with van der Waals surface area (Å²) in [6.07, 6.45) is 0. The summed E-state index contributed by atoms with van der Waals surface area (Å²) >= 11 is 0. The number of nitrogens with zero attached hydrogens (tertiary/aromatic N) is 3. The van der Waals surface area contributed by atoms with E-state index in [9.17, 15) is 4.39 Å². The molecular formula is C19H24FN3O2. The van der Waals surface area contributed by atoms with Gasteiger partial charge in [0.25, 0.3) is 0 Å². The lowest BCUT2D eigenvalue weighted by atomic mass is 10.1. The van der Waals surface area contributed by atoms with E-state index in [1.165, 1.54) is 7.11 Å². The quantitative estimate of drug-likeness (QED) is 0.804. The van der Waals surface area contributed by atoms with Crippen LogP contribution in [-0.2, 0) is 13.1 Å². The second-order valence-electron chi connectivity index (χ2n) is 6.19. The molecule has 5 nitrogen and oxygen atoms in total. The Balaban J connectivity index is 1.50. The highest BCUT2D eigenvalue weighted by molar-refractivity contribution is 5.29. The topological polar surface area (TPSA) is 37.8 Å². The van der Waals surface area contributed by atoms with E-state index in [-0.39, 0.29) is 5.82 Å².